The van der Waals surface area contributed by atoms with Crippen molar-refractivity contribution in [3.63, 3.8) is 0 Å². The van der Waals surface area contributed by atoms with E-state index in [1.807, 2.05) is 39.0 Å². The summed E-state index contributed by atoms with van der Waals surface area (Å²) in [4.78, 5) is 24.7. The number of amides is 1. The van der Waals surface area contributed by atoms with Gasteiger partial charge in [-0.1, -0.05) is 6.07 Å². The average Bonchev–Trinajstić information content (AvgIpc) is 2.45. The lowest BCUT2D eigenvalue weighted by Crippen LogP contribution is -2.31. The Balaban J connectivity index is 2.10. The lowest BCUT2D eigenvalue weighted by molar-refractivity contribution is 0.0938. The molecule has 0 radical (unpaired) electrons. The maximum Gasteiger partial charge on any atom is 0.270 e. The molecule has 0 aliphatic heterocycles. The molecule has 1 amide bonds. The standard InChI is InChI=1S/C15H19N5O/c1-10(2)18-14(21)13-8-11(3)19-15(20-13)17-9-12-6-4-5-7-16-12/h4-8,10H,9H2,1-3H3,(H,18,21)(H,17,19,20). The van der Waals surface area contributed by atoms with Gasteiger partial charge in [0, 0.05) is 17.9 Å². The Bertz CT molecular complexity index is 613. The zero-order valence-electron chi connectivity index (χ0n) is 12.4. The fraction of sp³-hybridized carbons (Fsp3) is 0.333. The molecule has 0 aliphatic carbocycles. The van der Waals surface area contributed by atoms with E-state index in [0.29, 0.717) is 18.2 Å². The van der Waals surface area contributed by atoms with Crippen LogP contribution in [0.3, 0.4) is 0 Å². The predicted molar refractivity (Wildman–Crippen MR) is 80.9 cm³/mol. The SMILES string of the molecule is Cc1cc(C(=O)NC(C)C)nc(NCc2ccccn2)n1. The third kappa shape index (κ3) is 4.52. The molecule has 21 heavy (non-hydrogen) atoms. The Kier molecular flexibility index (Phi) is 4.81. The third-order valence-electron chi connectivity index (χ3n) is 2.66. The normalized spacial score (nSPS) is 10.5. The summed E-state index contributed by atoms with van der Waals surface area (Å²) >= 11 is 0. The molecule has 2 N–H and O–H groups in total. The molecule has 0 bridgehead atoms. The van der Waals surface area contributed by atoms with E-state index < -0.39 is 0 Å². The van der Waals surface area contributed by atoms with Gasteiger partial charge in [-0.05, 0) is 39.0 Å². The van der Waals surface area contributed by atoms with Crippen molar-refractivity contribution in [2.24, 2.45) is 0 Å². The van der Waals surface area contributed by atoms with Crippen LogP contribution in [-0.4, -0.2) is 26.9 Å². The average molecular weight is 285 g/mol. The number of nitrogens with one attached hydrogen (secondary N) is 2. The molecule has 2 aromatic heterocycles. The third-order valence-corrected chi connectivity index (χ3v) is 2.66. The van der Waals surface area contributed by atoms with Crippen LogP contribution >= 0.6 is 0 Å². The van der Waals surface area contributed by atoms with Crippen LogP contribution in [0.25, 0.3) is 0 Å². The zero-order chi connectivity index (χ0) is 15.2. The fourth-order valence-corrected chi connectivity index (χ4v) is 1.77. The first-order valence-corrected chi connectivity index (χ1v) is 6.85. The Morgan fingerprint density at radius 2 is 2.10 bits per heavy atom. The van der Waals surface area contributed by atoms with Crippen molar-refractivity contribution in [1.29, 1.82) is 0 Å². The molecule has 0 fully saturated rings. The van der Waals surface area contributed by atoms with Crippen molar-refractivity contribution in [2.45, 2.75) is 33.4 Å². The number of hydrogen-bond acceptors (Lipinski definition) is 5. The van der Waals surface area contributed by atoms with Crippen LogP contribution in [0, 0.1) is 6.92 Å². The van der Waals surface area contributed by atoms with Crippen LogP contribution in [0.1, 0.15) is 35.7 Å². The molecule has 0 spiro atoms. The smallest absolute Gasteiger partial charge is 0.270 e. The molecule has 0 atom stereocenters. The molecule has 6 nitrogen and oxygen atoms in total. The summed E-state index contributed by atoms with van der Waals surface area (Å²) in [6.07, 6.45) is 1.73. The first kappa shape index (κ1) is 14.9. The van der Waals surface area contributed by atoms with Crippen LogP contribution in [0.4, 0.5) is 5.95 Å². The van der Waals surface area contributed by atoms with Gasteiger partial charge in [-0.2, -0.15) is 0 Å². The fourth-order valence-electron chi connectivity index (χ4n) is 1.77. The second-order valence-corrected chi connectivity index (χ2v) is 5.02. The lowest BCUT2D eigenvalue weighted by atomic mass is 10.3. The summed E-state index contributed by atoms with van der Waals surface area (Å²) in [5.41, 5.74) is 1.98. The van der Waals surface area contributed by atoms with Crippen LogP contribution in [-0.2, 0) is 6.54 Å². The molecule has 2 heterocycles. The lowest BCUT2D eigenvalue weighted by Gasteiger charge is -2.10. The van der Waals surface area contributed by atoms with Crippen molar-refractivity contribution >= 4 is 11.9 Å². The van der Waals surface area contributed by atoms with Crippen molar-refractivity contribution < 1.29 is 4.79 Å². The van der Waals surface area contributed by atoms with Gasteiger partial charge in [0.25, 0.3) is 5.91 Å². The summed E-state index contributed by atoms with van der Waals surface area (Å²) in [5, 5.41) is 5.90. The van der Waals surface area contributed by atoms with Crippen molar-refractivity contribution in [1.82, 2.24) is 20.3 Å². The van der Waals surface area contributed by atoms with Gasteiger partial charge < -0.3 is 10.6 Å². The predicted octanol–water partition coefficient (Wildman–Crippen LogP) is 1.93. The molecule has 0 unspecified atom stereocenters. The minimum Gasteiger partial charge on any atom is -0.349 e. The van der Waals surface area contributed by atoms with E-state index in [-0.39, 0.29) is 11.9 Å². The highest BCUT2D eigenvalue weighted by atomic mass is 16.1. The molecule has 110 valence electrons. The molecule has 6 heteroatoms. The molecule has 2 aromatic rings. The maximum atomic E-state index is 12.0. The molecule has 0 aliphatic rings. The van der Waals surface area contributed by atoms with Gasteiger partial charge in [0.1, 0.15) is 5.69 Å². The number of carbonyl (C=O) groups excluding carboxylic acids is 1. The highest BCUT2D eigenvalue weighted by molar-refractivity contribution is 5.92. The molecule has 0 saturated carbocycles. The minimum atomic E-state index is -0.198. The van der Waals surface area contributed by atoms with Gasteiger partial charge in [0.2, 0.25) is 5.95 Å². The van der Waals surface area contributed by atoms with Gasteiger partial charge >= 0.3 is 0 Å². The number of nitrogens with zero attached hydrogens (tertiary/aromatic N) is 3. The highest BCUT2D eigenvalue weighted by Crippen LogP contribution is 2.07. The van der Waals surface area contributed by atoms with Gasteiger partial charge in [-0.15, -0.1) is 0 Å². The Labute approximate surface area is 124 Å². The molecule has 0 saturated heterocycles. The Morgan fingerprint density at radius 1 is 1.29 bits per heavy atom. The number of pyridine rings is 1. The second kappa shape index (κ2) is 6.78. The molecular formula is C15H19N5O. The first-order chi connectivity index (χ1) is 10.0. The first-order valence-electron chi connectivity index (χ1n) is 6.85. The van der Waals surface area contributed by atoms with E-state index in [2.05, 4.69) is 25.6 Å². The number of anilines is 1. The Hall–Kier alpha value is -2.50. The largest absolute Gasteiger partial charge is 0.349 e. The summed E-state index contributed by atoms with van der Waals surface area (Å²) < 4.78 is 0. The quantitative estimate of drug-likeness (QED) is 0.877. The van der Waals surface area contributed by atoms with Gasteiger partial charge in [-0.25, -0.2) is 9.97 Å². The number of aromatic nitrogens is 3. The van der Waals surface area contributed by atoms with Gasteiger partial charge in [0.05, 0.1) is 12.2 Å². The van der Waals surface area contributed by atoms with E-state index in [1.54, 1.807) is 12.3 Å². The van der Waals surface area contributed by atoms with E-state index in [4.69, 9.17) is 0 Å². The van der Waals surface area contributed by atoms with Crippen molar-refractivity contribution in [3.8, 4) is 0 Å². The summed E-state index contributed by atoms with van der Waals surface area (Å²) in [5.74, 6) is 0.228. The van der Waals surface area contributed by atoms with E-state index in [9.17, 15) is 4.79 Å². The number of carbonyl (C=O) groups is 1. The molecule has 0 aromatic carbocycles. The minimum absolute atomic E-state index is 0.0673. The summed E-state index contributed by atoms with van der Waals surface area (Å²) in [6.45, 7) is 6.16. The Morgan fingerprint density at radius 3 is 2.76 bits per heavy atom. The van der Waals surface area contributed by atoms with Crippen LogP contribution in [0.15, 0.2) is 30.5 Å². The monoisotopic (exact) mass is 285 g/mol. The summed E-state index contributed by atoms with van der Waals surface area (Å²) in [7, 11) is 0. The topological polar surface area (TPSA) is 79.8 Å². The van der Waals surface area contributed by atoms with Crippen LogP contribution in [0.5, 0.6) is 0 Å². The van der Waals surface area contributed by atoms with E-state index in [1.165, 1.54) is 0 Å². The van der Waals surface area contributed by atoms with Crippen molar-refractivity contribution in [2.75, 3.05) is 5.32 Å². The van der Waals surface area contributed by atoms with E-state index >= 15 is 0 Å². The number of hydrogen-bond donors (Lipinski definition) is 2. The number of rotatable bonds is 5. The van der Waals surface area contributed by atoms with Gasteiger partial charge in [-0.3, -0.25) is 9.78 Å². The molecule has 2 rings (SSSR count). The highest BCUT2D eigenvalue weighted by Gasteiger charge is 2.11. The van der Waals surface area contributed by atoms with Crippen LogP contribution in [0.2, 0.25) is 0 Å². The molecular weight excluding hydrogens is 266 g/mol. The zero-order valence-corrected chi connectivity index (χ0v) is 12.4. The van der Waals surface area contributed by atoms with Gasteiger partial charge in [0.15, 0.2) is 0 Å². The number of aryl methyl sites for hydroxylation is 1. The van der Waals surface area contributed by atoms with Crippen molar-refractivity contribution in [3.05, 3.63) is 47.5 Å². The summed E-state index contributed by atoms with van der Waals surface area (Å²) in [6, 6.07) is 7.43. The second-order valence-electron chi connectivity index (χ2n) is 5.02. The maximum absolute atomic E-state index is 12.0. The van der Waals surface area contributed by atoms with E-state index in [0.717, 1.165) is 11.4 Å². The van der Waals surface area contributed by atoms with Crippen LogP contribution < -0.4 is 10.6 Å².